The number of nitrogens with zero attached hydrogens (tertiary/aromatic N) is 2. The van der Waals surface area contributed by atoms with Gasteiger partial charge in [-0.15, -0.1) is 0 Å². The number of esters is 1. The van der Waals surface area contributed by atoms with E-state index < -0.39 is 23.7 Å². The number of ether oxygens (including phenoxy) is 1. The first-order valence-electron chi connectivity index (χ1n) is 10.3. The summed E-state index contributed by atoms with van der Waals surface area (Å²) >= 11 is 0. The van der Waals surface area contributed by atoms with Gasteiger partial charge in [0.2, 0.25) is 0 Å². The number of aliphatic hydroxyl groups excluding tert-OH is 1. The van der Waals surface area contributed by atoms with E-state index in [0.29, 0.717) is 22.4 Å². The molecule has 168 valence electrons. The first-order valence-corrected chi connectivity index (χ1v) is 10.3. The van der Waals surface area contributed by atoms with E-state index in [0.717, 1.165) is 5.56 Å². The van der Waals surface area contributed by atoms with Crippen molar-refractivity contribution < 1.29 is 24.2 Å². The number of aromatic nitrogens is 2. The number of aliphatic hydroxyl groups is 1. The Labute approximate surface area is 190 Å². The van der Waals surface area contributed by atoms with Crippen LogP contribution in [0.5, 0.6) is 0 Å². The molecule has 3 aromatic rings. The van der Waals surface area contributed by atoms with Crippen molar-refractivity contribution >= 4 is 23.4 Å². The molecule has 3 heterocycles. The normalized spacial score (nSPS) is 17.4. The Hall–Kier alpha value is -4.20. The summed E-state index contributed by atoms with van der Waals surface area (Å²) < 4.78 is 4.80. The van der Waals surface area contributed by atoms with Crippen LogP contribution in [0.15, 0.2) is 60.4 Å². The summed E-state index contributed by atoms with van der Waals surface area (Å²) in [5, 5.41) is 11.3. The number of Topliss-reactive ketones (excluding diaryl/α,β-unsaturated/α-hetero) is 1. The number of pyridine rings is 1. The number of aromatic amines is 1. The summed E-state index contributed by atoms with van der Waals surface area (Å²) in [7, 11) is 1.26. The number of ketones is 1. The van der Waals surface area contributed by atoms with Crippen LogP contribution in [0.2, 0.25) is 0 Å². The number of hydrogen-bond donors (Lipinski definition) is 2. The van der Waals surface area contributed by atoms with E-state index >= 15 is 0 Å². The van der Waals surface area contributed by atoms with Gasteiger partial charge < -0.3 is 19.7 Å². The summed E-state index contributed by atoms with van der Waals surface area (Å²) in [6.45, 7) is 3.47. The fourth-order valence-electron chi connectivity index (χ4n) is 4.26. The Morgan fingerprint density at radius 3 is 2.52 bits per heavy atom. The molecule has 33 heavy (non-hydrogen) atoms. The third kappa shape index (κ3) is 3.80. The van der Waals surface area contributed by atoms with Crippen molar-refractivity contribution in [2.45, 2.75) is 26.4 Å². The van der Waals surface area contributed by atoms with E-state index in [-0.39, 0.29) is 23.6 Å². The second-order valence-electron chi connectivity index (χ2n) is 7.82. The lowest BCUT2D eigenvalue weighted by atomic mass is 9.94. The smallest absolute Gasteiger partial charge is 0.354 e. The molecule has 0 aliphatic carbocycles. The molecule has 2 N–H and O–H groups in total. The third-order valence-corrected chi connectivity index (χ3v) is 5.79. The number of nitrogens with one attached hydrogen (secondary N) is 1. The first kappa shape index (κ1) is 22.0. The summed E-state index contributed by atoms with van der Waals surface area (Å²) in [5.41, 5.74) is 2.80. The predicted octanol–water partition coefficient (Wildman–Crippen LogP) is 3.44. The second kappa shape index (κ2) is 8.74. The number of H-pyrrole nitrogens is 1. The van der Waals surface area contributed by atoms with Crippen molar-refractivity contribution in [2.24, 2.45) is 0 Å². The Kier molecular flexibility index (Phi) is 5.83. The largest absolute Gasteiger partial charge is 0.507 e. The number of rotatable bonds is 5. The van der Waals surface area contributed by atoms with Crippen molar-refractivity contribution in [1.82, 2.24) is 14.9 Å². The average molecular weight is 445 g/mol. The summed E-state index contributed by atoms with van der Waals surface area (Å²) in [5.74, 6) is -2.43. The van der Waals surface area contributed by atoms with Gasteiger partial charge in [-0.05, 0) is 36.6 Å². The topological polar surface area (TPSA) is 113 Å². The second-order valence-corrected chi connectivity index (χ2v) is 7.82. The predicted molar refractivity (Wildman–Crippen MR) is 120 cm³/mol. The molecule has 2 aromatic heterocycles. The Morgan fingerprint density at radius 2 is 1.88 bits per heavy atom. The number of aryl methyl sites for hydroxylation is 1. The molecule has 0 radical (unpaired) electrons. The highest BCUT2D eigenvalue weighted by Crippen LogP contribution is 2.41. The van der Waals surface area contributed by atoms with E-state index in [4.69, 9.17) is 4.74 Å². The maximum Gasteiger partial charge on any atom is 0.354 e. The van der Waals surface area contributed by atoms with E-state index in [1.807, 2.05) is 24.3 Å². The molecule has 1 amide bonds. The molecule has 1 aliphatic heterocycles. The van der Waals surface area contributed by atoms with E-state index in [9.17, 15) is 19.5 Å². The first-order chi connectivity index (χ1) is 15.8. The van der Waals surface area contributed by atoms with Crippen LogP contribution in [-0.2, 0) is 20.9 Å². The van der Waals surface area contributed by atoms with Gasteiger partial charge >= 0.3 is 5.97 Å². The van der Waals surface area contributed by atoms with Crippen molar-refractivity contribution in [3.63, 3.8) is 0 Å². The van der Waals surface area contributed by atoms with Crippen molar-refractivity contribution in [3.8, 4) is 0 Å². The molecule has 1 saturated heterocycles. The number of carbonyl (C=O) groups is 3. The van der Waals surface area contributed by atoms with Crippen LogP contribution in [0.4, 0.5) is 0 Å². The van der Waals surface area contributed by atoms with E-state index in [1.165, 1.54) is 12.0 Å². The van der Waals surface area contributed by atoms with Gasteiger partial charge in [0.15, 0.2) is 0 Å². The molecule has 8 heteroatoms. The average Bonchev–Trinajstić information content (AvgIpc) is 3.27. The molecule has 0 saturated carbocycles. The molecular formula is C25H23N3O5. The van der Waals surface area contributed by atoms with Gasteiger partial charge in [-0.2, -0.15) is 0 Å². The van der Waals surface area contributed by atoms with Gasteiger partial charge in [0.25, 0.3) is 11.7 Å². The van der Waals surface area contributed by atoms with Crippen LogP contribution in [0.25, 0.3) is 5.76 Å². The standard InChI is InChI=1S/C25H23N3O5/c1-14-18(15(2)27-20(14)25(32)33-3)22(29)19-21(17-9-5-4-6-10-17)28(24(31)23(19)30)13-16-8-7-11-26-12-16/h4-12,21,27,29H,13H2,1-3H3. The third-order valence-electron chi connectivity index (χ3n) is 5.79. The molecule has 0 spiro atoms. The minimum Gasteiger partial charge on any atom is -0.507 e. The minimum absolute atomic E-state index is 0.0308. The van der Waals surface area contributed by atoms with Gasteiger partial charge in [-0.3, -0.25) is 14.6 Å². The number of likely N-dealkylation sites (tertiary alicyclic amines) is 1. The van der Waals surface area contributed by atoms with Gasteiger partial charge in [0, 0.05) is 30.2 Å². The number of methoxy groups -OCH3 is 1. The summed E-state index contributed by atoms with van der Waals surface area (Å²) in [6, 6.07) is 11.8. The molecular weight excluding hydrogens is 422 g/mol. The van der Waals surface area contributed by atoms with Crippen LogP contribution in [0.3, 0.4) is 0 Å². The monoisotopic (exact) mass is 445 g/mol. The van der Waals surface area contributed by atoms with Gasteiger partial charge in [-0.1, -0.05) is 36.4 Å². The molecule has 8 nitrogen and oxygen atoms in total. The Balaban J connectivity index is 1.90. The zero-order chi connectivity index (χ0) is 23.7. The maximum atomic E-state index is 13.2. The van der Waals surface area contributed by atoms with Gasteiger partial charge in [-0.25, -0.2) is 4.79 Å². The highest BCUT2D eigenvalue weighted by atomic mass is 16.5. The molecule has 1 unspecified atom stereocenters. The highest BCUT2D eigenvalue weighted by Gasteiger charge is 2.46. The van der Waals surface area contributed by atoms with Crippen molar-refractivity contribution in [2.75, 3.05) is 7.11 Å². The number of amides is 1. The fraction of sp³-hybridized carbons (Fsp3) is 0.200. The number of carbonyl (C=O) groups excluding carboxylic acids is 3. The highest BCUT2D eigenvalue weighted by molar-refractivity contribution is 6.46. The minimum atomic E-state index is -0.804. The Bertz CT molecular complexity index is 1260. The molecule has 1 atom stereocenters. The van der Waals surface area contributed by atoms with Crippen LogP contribution in [0, 0.1) is 13.8 Å². The number of benzene rings is 1. The van der Waals surface area contributed by atoms with E-state index in [2.05, 4.69) is 9.97 Å². The van der Waals surface area contributed by atoms with Crippen LogP contribution < -0.4 is 0 Å². The molecule has 0 bridgehead atoms. The lowest BCUT2D eigenvalue weighted by Gasteiger charge is -2.25. The molecule has 4 rings (SSSR count). The maximum absolute atomic E-state index is 13.2. The van der Waals surface area contributed by atoms with Crippen molar-refractivity contribution in [1.29, 1.82) is 0 Å². The van der Waals surface area contributed by atoms with Gasteiger partial charge in [0.05, 0.1) is 18.7 Å². The molecule has 1 fully saturated rings. The SMILES string of the molecule is COC(=O)c1[nH]c(C)c(C(O)=C2C(=O)C(=O)N(Cc3cccnc3)C2c2ccccc2)c1C. The van der Waals surface area contributed by atoms with E-state index in [1.54, 1.807) is 44.4 Å². The van der Waals surface area contributed by atoms with Crippen LogP contribution >= 0.6 is 0 Å². The quantitative estimate of drug-likeness (QED) is 0.269. The lowest BCUT2D eigenvalue weighted by Crippen LogP contribution is -2.29. The fourth-order valence-corrected chi connectivity index (χ4v) is 4.26. The molecule has 1 aromatic carbocycles. The Morgan fingerprint density at radius 1 is 1.15 bits per heavy atom. The van der Waals surface area contributed by atoms with Gasteiger partial charge in [0.1, 0.15) is 11.5 Å². The van der Waals surface area contributed by atoms with Crippen molar-refractivity contribution in [3.05, 3.63) is 94.1 Å². The zero-order valence-electron chi connectivity index (χ0n) is 18.5. The summed E-state index contributed by atoms with van der Waals surface area (Å²) in [4.78, 5) is 46.8. The zero-order valence-corrected chi connectivity index (χ0v) is 18.5. The van der Waals surface area contributed by atoms with Crippen LogP contribution in [-0.4, -0.2) is 44.7 Å². The lowest BCUT2D eigenvalue weighted by molar-refractivity contribution is -0.140. The van der Waals surface area contributed by atoms with Crippen LogP contribution in [0.1, 0.15) is 44.5 Å². The summed E-state index contributed by atoms with van der Waals surface area (Å²) in [6.07, 6.45) is 3.26. The number of hydrogen-bond acceptors (Lipinski definition) is 6. The molecule has 1 aliphatic rings.